The molecule has 1 unspecified atom stereocenters. The highest BCUT2D eigenvalue weighted by Gasteiger charge is 2.17. The van der Waals surface area contributed by atoms with Crippen LogP contribution in [0.5, 0.6) is 11.5 Å². The van der Waals surface area contributed by atoms with Crippen LogP contribution in [0.1, 0.15) is 21.9 Å². The summed E-state index contributed by atoms with van der Waals surface area (Å²) in [6.07, 6.45) is 1.67. The van der Waals surface area contributed by atoms with Gasteiger partial charge in [-0.2, -0.15) is 0 Å². The van der Waals surface area contributed by atoms with E-state index in [0.717, 1.165) is 16.8 Å². The van der Waals surface area contributed by atoms with Gasteiger partial charge in [-0.3, -0.25) is 14.5 Å². The number of aryl methyl sites for hydroxylation is 1. The van der Waals surface area contributed by atoms with Gasteiger partial charge in [0.1, 0.15) is 23.9 Å². The number of carbonyl (C=O) groups is 1. The number of hydrogen-bond donors (Lipinski definition) is 1. The van der Waals surface area contributed by atoms with Crippen LogP contribution < -0.4 is 14.2 Å². The lowest BCUT2D eigenvalue weighted by atomic mass is 10.1. The summed E-state index contributed by atoms with van der Waals surface area (Å²) in [5.41, 5.74) is 2.51. The predicted molar refractivity (Wildman–Crippen MR) is 124 cm³/mol. The third kappa shape index (κ3) is 5.48. The number of methoxy groups -OCH3 is 1. The van der Waals surface area contributed by atoms with E-state index >= 15 is 0 Å². The van der Waals surface area contributed by atoms with E-state index in [1.807, 2.05) is 42.5 Å². The molecule has 4 rings (SSSR count). The topological polar surface area (TPSA) is 90.7 Å². The van der Waals surface area contributed by atoms with Crippen LogP contribution in [0.2, 0.25) is 0 Å². The number of nitrogens with one attached hydrogen (secondary N) is 1. The number of benzene rings is 2. The van der Waals surface area contributed by atoms with Crippen molar-refractivity contribution >= 4 is 16.9 Å². The largest absolute Gasteiger partial charge is 0.495 e. The molecule has 0 fully saturated rings. The molecule has 2 aromatic heterocycles. The number of rotatable bonds is 8. The Morgan fingerprint density at radius 1 is 1.03 bits per heavy atom. The molecule has 1 atom stereocenters. The number of furan rings is 1. The molecule has 1 N–H and O–H groups in total. The Morgan fingerprint density at radius 3 is 2.42 bits per heavy atom. The second-order valence-corrected chi connectivity index (χ2v) is 8.31. The lowest BCUT2D eigenvalue weighted by Gasteiger charge is -2.07. The van der Waals surface area contributed by atoms with Crippen molar-refractivity contribution in [2.45, 2.75) is 18.4 Å². The Balaban J connectivity index is 1.37. The molecule has 4 aromatic rings. The van der Waals surface area contributed by atoms with Crippen molar-refractivity contribution < 1.29 is 22.9 Å². The first-order chi connectivity index (χ1) is 16.0. The van der Waals surface area contributed by atoms with Crippen LogP contribution in [-0.2, 0) is 17.6 Å². The smallest absolute Gasteiger partial charge is 0.298 e. The molecule has 33 heavy (non-hydrogen) atoms. The third-order valence-corrected chi connectivity index (χ3v) is 5.97. The lowest BCUT2D eigenvalue weighted by Crippen LogP contribution is -2.25. The predicted octanol–water partition coefficient (Wildman–Crippen LogP) is 4.69. The minimum absolute atomic E-state index is 0.0799. The van der Waals surface area contributed by atoms with E-state index in [1.54, 1.807) is 50.6 Å². The van der Waals surface area contributed by atoms with Crippen LogP contribution in [-0.4, -0.2) is 22.2 Å². The first-order valence-electron chi connectivity index (χ1n) is 10.1. The average molecular weight is 463 g/mol. The molecule has 2 aromatic carbocycles. The second kappa shape index (κ2) is 10.1. The van der Waals surface area contributed by atoms with E-state index in [4.69, 9.17) is 13.9 Å². The summed E-state index contributed by atoms with van der Waals surface area (Å²) in [7, 11) is -0.0651. The maximum Gasteiger partial charge on any atom is 0.298 e. The first kappa shape index (κ1) is 22.3. The van der Waals surface area contributed by atoms with Gasteiger partial charge in [0.2, 0.25) is 0 Å². The van der Waals surface area contributed by atoms with Crippen molar-refractivity contribution in [1.82, 2.24) is 9.71 Å². The lowest BCUT2D eigenvalue weighted by molar-refractivity contribution is 0.0954. The molecule has 168 valence electrons. The highest BCUT2D eigenvalue weighted by atomic mass is 32.2. The van der Waals surface area contributed by atoms with Crippen molar-refractivity contribution in [3.63, 3.8) is 0 Å². The number of amides is 1. The van der Waals surface area contributed by atoms with Gasteiger partial charge in [-0.15, -0.1) is 0 Å². The molecule has 0 spiro atoms. The maximum atomic E-state index is 12.4. The Kier molecular flexibility index (Phi) is 6.85. The summed E-state index contributed by atoms with van der Waals surface area (Å²) in [5, 5.41) is 0. The van der Waals surface area contributed by atoms with E-state index in [-0.39, 0.29) is 12.4 Å². The first-order valence-corrected chi connectivity index (χ1v) is 11.3. The van der Waals surface area contributed by atoms with Gasteiger partial charge in [0.15, 0.2) is 16.7 Å². The Labute approximate surface area is 194 Å². The van der Waals surface area contributed by atoms with Crippen molar-refractivity contribution in [2.75, 3.05) is 7.11 Å². The number of carbonyl (C=O) groups excluding carboxylic acids is 1. The Hall–Kier alpha value is -3.91. The summed E-state index contributed by atoms with van der Waals surface area (Å²) in [4.78, 5) is 17.3. The molecule has 0 aliphatic carbocycles. The Morgan fingerprint density at radius 2 is 1.76 bits per heavy atom. The summed E-state index contributed by atoms with van der Waals surface area (Å²) >= 11 is 0. The SMILES string of the molecule is COc1ccc(-c2ccc(OCc3cc(C(=O)NS(=O)c4ccccc4)oc3C)cc2)nc1. The molecule has 0 aliphatic heterocycles. The fourth-order valence-electron chi connectivity index (χ4n) is 3.07. The van der Waals surface area contributed by atoms with E-state index in [1.165, 1.54) is 0 Å². The van der Waals surface area contributed by atoms with Crippen LogP contribution in [0.4, 0.5) is 0 Å². The minimum Gasteiger partial charge on any atom is -0.495 e. The molecular formula is C25H22N2O5S. The number of ether oxygens (including phenoxy) is 2. The standard InChI is InChI=1S/C25H22N2O5S/c1-17-19(14-24(32-17)25(28)27-33(29)22-6-4-3-5-7-22)16-31-20-10-8-18(9-11-20)23-13-12-21(30-2)15-26-23/h3-15H,16H2,1-2H3,(H,27,28). The zero-order valence-corrected chi connectivity index (χ0v) is 18.9. The van der Waals surface area contributed by atoms with E-state index in [9.17, 15) is 9.00 Å². The van der Waals surface area contributed by atoms with Crippen molar-refractivity contribution in [2.24, 2.45) is 0 Å². The van der Waals surface area contributed by atoms with Gasteiger partial charge in [-0.25, -0.2) is 4.21 Å². The fraction of sp³-hybridized carbons (Fsp3) is 0.120. The van der Waals surface area contributed by atoms with Gasteiger partial charge in [0.05, 0.1) is 23.9 Å². The highest BCUT2D eigenvalue weighted by molar-refractivity contribution is 7.83. The number of pyridine rings is 1. The van der Waals surface area contributed by atoms with Crippen LogP contribution in [0, 0.1) is 6.92 Å². The zero-order chi connectivity index (χ0) is 23.2. The van der Waals surface area contributed by atoms with Gasteiger partial charge in [0.25, 0.3) is 5.91 Å². The van der Waals surface area contributed by atoms with Crippen LogP contribution in [0.3, 0.4) is 0 Å². The number of hydrogen-bond acceptors (Lipinski definition) is 6. The summed E-state index contributed by atoms with van der Waals surface area (Å²) in [6.45, 7) is 1.98. The third-order valence-electron chi connectivity index (χ3n) is 4.90. The monoisotopic (exact) mass is 462 g/mol. The number of nitrogens with zero attached hydrogens (tertiary/aromatic N) is 1. The molecule has 0 saturated heterocycles. The van der Waals surface area contributed by atoms with Gasteiger partial charge < -0.3 is 13.9 Å². The molecule has 2 heterocycles. The molecule has 0 aliphatic rings. The zero-order valence-electron chi connectivity index (χ0n) is 18.1. The summed E-state index contributed by atoms with van der Waals surface area (Å²) < 4.78 is 31.3. The van der Waals surface area contributed by atoms with Crippen molar-refractivity contribution in [3.05, 3.63) is 96.1 Å². The van der Waals surface area contributed by atoms with E-state index in [0.29, 0.717) is 22.2 Å². The molecular weight excluding hydrogens is 440 g/mol. The maximum absolute atomic E-state index is 12.4. The van der Waals surface area contributed by atoms with Crippen LogP contribution in [0.25, 0.3) is 11.3 Å². The number of aromatic nitrogens is 1. The molecule has 0 radical (unpaired) electrons. The van der Waals surface area contributed by atoms with Crippen molar-refractivity contribution in [1.29, 1.82) is 0 Å². The quantitative estimate of drug-likeness (QED) is 0.409. The highest BCUT2D eigenvalue weighted by Crippen LogP contribution is 2.24. The van der Waals surface area contributed by atoms with Gasteiger partial charge >= 0.3 is 0 Å². The van der Waals surface area contributed by atoms with E-state index in [2.05, 4.69) is 9.71 Å². The van der Waals surface area contributed by atoms with E-state index < -0.39 is 16.9 Å². The normalized spacial score (nSPS) is 11.6. The molecule has 0 saturated carbocycles. The molecule has 7 nitrogen and oxygen atoms in total. The second-order valence-electron chi connectivity index (χ2n) is 7.10. The minimum atomic E-state index is -1.67. The van der Waals surface area contributed by atoms with Gasteiger partial charge in [0, 0.05) is 11.1 Å². The summed E-state index contributed by atoms with van der Waals surface area (Å²) in [5.74, 6) is 1.46. The van der Waals surface area contributed by atoms with Crippen molar-refractivity contribution in [3.8, 4) is 22.8 Å². The molecule has 0 bridgehead atoms. The Bertz CT molecular complexity index is 1250. The average Bonchev–Trinajstić information content (AvgIpc) is 3.24. The van der Waals surface area contributed by atoms with Crippen LogP contribution >= 0.6 is 0 Å². The molecule has 8 heteroatoms. The summed E-state index contributed by atoms with van der Waals surface area (Å²) in [6, 6.07) is 21.6. The van der Waals surface area contributed by atoms with Gasteiger partial charge in [-0.1, -0.05) is 18.2 Å². The van der Waals surface area contributed by atoms with Crippen LogP contribution in [0.15, 0.2) is 88.3 Å². The van der Waals surface area contributed by atoms with Gasteiger partial charge in [-0.05, 0) is 61.5 Å². The molecule has 1 amide bonds. The fourth-order valence-corrected chi connectivity index (χ4v) is 3.86.